The quantitative estimate of drug-likeness (QED) is 0.0295. The standard InChI is InChI=1S/C40H72N2O7/c1-3-5-7-9-11-13-14-15-16-17-18-21-25-29-35(49-39(46)32-28-24-19-12-10-8-6-4-2)30-26-22-20-23-27-31-37(44)41-33-38(45)42-36(34-43)40(47)48/h14-15,17-18,35-36,43H,3-13,16,19-34H2,1-2H3,(H,41,44)(H,42,45)(H,47,48)/b15-14-,18-17-. The molecule has 0 radical (unpaired) electrons. The normalized spacial score (nSPS) is 12.7. The molecule has 0 bridgehead atoms. The molecule has 0 aromatic carbocycles. The first-order chi connectivity index (χ1) is 23.8. The van der Waals surface area contributed by atoms with Gasteiger partial charge < -0.3 is 25.6 Å². The van der Waals surface area contributed by atoms with Gasteiger partial charge in [-0.15, -0.1) is 0 Å². The van der Waals surface area contributed by atoms with Gasteiger partial charge in [-0.3, -0.25) is 14.4 Å². The third kappa shape index (κ3) is 32.3. The zero-order valence-electron chi connectivity index (χ0n) is 31.2. The van der Waals surface area contributed by atoms with E-state index < -0.39 is 24.5 Å². The minimum atomic E-state index is -1.38. The number of aliphatic hydroxyl groups excluding tert-OH is 1. The second kappa shape index (κ2) is 35.2. The van der Waals surface area contributed by atoms with Crippen molar-refractivity contribution in [3.8, 4) is 0 Å². The van der Waals surface area contributed by atoms with Crippen molar-refractivity contribution in [2.75, 3.05) is 13.2 Å². The van der Waals surface area contributed by atoms with Crippen molar-refractivity contribution in [1.82, 2.24) is 10.6 Å². The number of aliphatic carboxylic acids is 1. The topological polar surface area (TPSA) is 142 Å². The summed E-state index contributed by atoms with van der Waals surface area (Å²) >= 11 is 0. The molecule has 0 saturated carbocycles. The van der Waals surface area contributed by atoms with Gasteiger partial charge in [-0.25, -0.2) is 4.79 Å². The van der Waals surface area contributed by atoms with Crippen LogP contribution in [0.2, 0.25) is 0 Å². The molecule has 0 aliphatic heterocycles. The van der Waals surface area contributed by atoms with Crippen molar-refractivity contribution in [2.24, 2.45) is 0 Å². The number of carbonyl (C=O) groups excluding carboxylic acids is 3. The lowest BCUT2D eigenvalue weighted by molar-refractivity contribution is -0.150. The average Bonchev–Trinajstić information content (AvgIpc) is 3.08. The van der Waals surface area contributed by atoms with Crippen molar-refractivity contribution in [2.45, 2.75) is 193 Å². The number of esters is 1. The average molecular weight is 693 g/mol. The van der Waals surface area contributed by atoms with E-state index in [2.05, 4.69) is 48.8 Å². The van der Waals surface area contributed by atoms with Crippen LogP contribution in [0.15, 0.2) is 24.3 Å². The fourth-order valence-corrected chi connectivity index (χ4v) is 5.63. The zero-order valence-corrected chi connectivity index (χ0v) is 31.2. The van der Waals surface area contributed by atoms with Crippen LogP contribution in [-0.2, 0) is 23.9 Å². The van der Waals surface area contributed by atoms with Gasteiger partial charge in [-0.2, -0.15) is 0 Å². The maximum atomic E-state index is 12.6. The Morgan fingerprint density at radius 1 is 0.612 bits per heavy atom. The predicted molar refractivity (Wildman–Crippen MR) is 199 cm³/mol. The van der Waals surface area contributed by atoms with Gasteiger partial charge in [0.2, 0.25) is 11.8 Å². The fraction of sp³-hybridized carbons (Fsp3) is 0.800. The van der Waals surface area contributed by atoms with E-state index in [-0.39, 0.29) is 30.9 Å². The third-order valence-electron chi connectivity index (χ3n) is 8.70. The first kappa shape index (κ1) is 46.3. The van der Waals surface area contributed by atoms with Crippen molar-refractivity contribution >= 4 is 23.8 Å². The Morgan fingerprint density at radius 2 is 1.12 bits per heavy atom. The molecule has 0 saturated heterocycles. The van der Waals surface area contributed by atoms with Crippen LogP contribution in [0.3, 0.4) is 0 Å². The summed E-state index contributed by atoms with van der Waals surface area (Å²) in [6.07, 6.45) is 36.3. The monoisotopic (exact) mass is 693 g/mol. The molecule has 0 aliphatic rings. The minimum absolute atomic E-state index is 0.0500. The number of carboxylic acid groups (broad SMARTS) is 1. The lowest BCUT2D eigenvalue weighted by Gasteiger charge is -2.18. The number of carboxylic acids is 1. The van der Waals surface area contributed by atoms with Gasteiger partial charge in [-0.1, -0.05) is 128 Å². The Bertz CT molecular complexity index is 890. The van der Waals surface area contributed by atoms with Gasteiger partial charge in [0.1, 0.15) is 12.1 Å². The molecule has 0 aromatic heterocycles. The smallest absolute Gasteiger partial charge is 0.328 e. The second-order valence-corrected chi connectivity index (χ2v) is 13.4. The first-order valence-electron chi connectivity index (χ1n) is 19.7. The Balaban J connectivity index is 4.36. The molecule has 0 aromatic rings. The highest BCUT2D eigenvalue weighted by molar-refractivity contribution is 5.87. The maximum absolute atomic E-state index is 12.6. The van der Waals surface area contributed by atoms with E-state index >= 15 is 0 Å². The van der Waals surface area contributed by atoms with Crippen LogP contribution in [0.5, 0.6) is 0 Å². The van der Waals surface area contributed by atoms with Gasteiger partial charge in [0, 0.05) is 12.8 Å². The molecule has 0 spiro atoms. The molecule has 9 nitrogen and oxygen atoms in total. The van der Waals surface area contributed by atoms with Crippen LogP contribution >= 0.6 is 0 Å². The van der Waals surface area contributed by atoms with Crippen LogP contribution in [0.1, 0.15) is 181 Å². The highest BCUT2D eigenvalue weighted by Gasteiger charge is 2.19. The summed E-state index contributed by atoms with van der Waals surface area (Å²) in [6, 6.07) is -1.38. The predicted octanol–water partition coefficient (Wildman–Crippen LogP) is 8.87. The van der Waals surface area contributed by atoms with Gasteiger partial charge in [-0.05, 0) is 64.2 Å². The number of aliphatic hydroxyl groups is 1. The largest absolute Gasteiger partial charge is 0.480 e. The molecule has 2 atom stereocenters. The molecule has 49 heavy (non-hydrogen) atoms. The summed E-state index contributed by atoms with van der Waals surface area (Å²) in [7, 11) is 0. The van der Waals surface area contributed by atoms with E-state index in [0.717, 1.165) is 70.6 Å². The lowest BCUT2D eigenvalue weighted by atomic mass is 10.0. The van der Waals surface area contributed by atoms with E-state index in [0.29, 0.717) is 12.8 Å². The molecule has 284 valence electrons. The van der Waals surface area contributed by atoms with Crippen LogP contribution in [0, 0.1) is 0 Å². The Hall–Kier alpha value is -2.68. The van der Waals surface area contributed by atoms with Crippen molar-refractivity contribution in [3.63, 3.8) is 0 Å². The summed E-state index contributed by atoms with van der Waals surface area (Å²) in [5, 5.41) is 22.5. The highest BCUT2D eigenvalue weighted by Crippen LogP contribution is 2.17. The number of carbonyl (C=O) groups is 4. The highest BCUT2D eigenvalue weighted by atomic mass is 16.5. The van der Waals surface area contributed by atoms with Gasteiger partial charge in [0.25, 0.3) is 0 Å². The lowest BCUT2D eigenvalue weighted by Crippen LogP contribution is -2.47. The van der Waals surface area contributed by atoms with Gasteiger partial charge in [0.15, 0.2) is 0 Å². The molecule has 9 heteroatoms. The SMILES string of the molecule is CCCCCCC/C=C\C/C=C\CCCC(CCCCCCCC(=O)NCC(=O)NC(CO)C(=O)O)OC(=O)CCCCCCCCCC. The Labute approximate surface area is 298 Å². The summed E-state index contributed by atoms with van der Waals surface area (Å²) in [5.74, 6) is -2.33. The van der Waals surface area contributed by atoms with Gasteiger partial charge in [0.05, 0.1) is 13.2 Å². The molecule has 0 aliphatic carbocycles. The zero-order chi connectivity index (χ0) is 36.2. The Morgan fingerprint density at radius 3 is 1.71 bits per heavy atom. The molecular weight excluding hydrogens is 620 g/mol. The van der Waals surface area contributed by atoms with Crippen molar-refractivity contribution in [1.29, 1.82) is 0 Å². The summed E-state index contributed by atoms with van der Waals surface area (Å²) in [5.41, 5.74) is 0. The third-order valence-corrected chi connectivity index (χ3v) is 8.70. The van der Waals surface area contributed by atoms with Crippen LogP contribution < -0.4 is 10.6 Å². The second-order valence-electron chi connectivity index (χ2n) is 13.4. The summed E-state index contributed by atoms with van der Waals surface area (Å²) < 4.78 is 5.96. The number of nitrogens with one attached hydrogen (secondary N) is 2. The number of unbranched alkanes of at least 4 members (excludes halogenated alkanes) is 17. The minimum Gasteiger partial charge on any atom is -0.480 e. The number of hydrogen-bond acceptors (Lipinski definition) is 6. The molecule has 0 fully saturated rings. The van der Waals surface area contributed by atoms with E-state index in [4.69, 9.17) is 14.9 Å². The number of ether oxygens (including phenoxy) is 1. The molecule has 2 amide bonds. The van der Waals surface area contributed by atoms with Crippen LogP contribution in [0.25, 0.3) is 0 Å². The van der Waals surface area contributed by atoms with Crippen LogP contribution in [0.4, 0.5) is 0 Å². The molecule has 2 unspecified atom stereocenters. The number of amides is 2. The maximum Gasteiger partial charge on any atom is 0.328 e. The Kier molecular flexibility index (Phi) is 33.2. The molecular formula is C40H72N2O7. The van der Waals surface area contributed by atoms with Crippen molar-refractivity contribution < 1.29 is 34.1 Å². The summed E-state index contributed by atoms with van der Waals surface area (Å²) in [6.45, 7) is 3.43. The van der Waals surface area contributed by atoms with Crippen LogP contribution in [-0.4, -0.2) is 59.3 Å². The van der Waals surface area contributed by atoms with E-state index in [1.54, 1.807) is 0 Å². The number of rotatable bonds is 35. The van der Waals surface area contributed by atoms with E-state index in [9.17, 15) is 19.2 Å². The molecule has 0 heterocycles. The van der Waals surface area contributed by atoms with E-state index in [1.807, 2.05) is 0 Å². The number of allylic oxidation sites excluding steroid dienone is 4. The first-order valence-corrected chi connectivity index (χ1v) is 19.7. The number of hydrogen-bond donors (Lipinski definition) is 4. The summed E-state index contributed by atoms with van der Waals surface area (Å²) in [4.78, 5) is 47.3. The van der Waals surface area contributed by atoms with Crippen molar-refractivity contribution in [3.05, 3.63) is 24.3 Å². The van der Waals surface area contributed by atoms with E-state index in [1.165, 1.54) is 77.0 Å². The fourth-order valence-electron chi connectivity index (χ4n) is 5.63. The van der Waals surface area contributed by atoms with Gasteiger partial charge >= 0.3 is 11.9 Å². The molecule has 4 N–H and O–H groups in total. The molecule has 0 rings (SSSR count).